The van der Waals surface area contributed by atoms with Crippen molar-refractivity contribution in [3.05, 3.63) is 36.2 Å². The Morgan fingerprint density at radius 1 is 1.20 bits per heavy atom. The number of hydrogen-bond acceptors (Lipinski definition) is 4. The molecular weight excluding hydrogens is 250 g/mol. The van der Waals surface area contributed by atoms with Crippen LogP contribution >= 0.6 is 0 Å². The first-order valence-electron chi connectivity index (χ1n) is 7.43. The van der Waals surface area contributed by atoms with Crippen LogP contribution in [0, 0.1) is 5.92 Å². The Hall–Kier alpha value is -1.68. The number of hydrogen-bond donors (Lipinski definition) is 1. The average Bonchev–Trinajstić information content (AvgIpc) is 2.55. The number of nitrogens with one attached hydrogen (secondary N) is 1. The Balaban J connectivity index is 1.55. The normalized spacial score (nSPS) is 19.7. The molecule has 0 aromatic carbocycles. The Labute approximate surface area is 120 Å². The van der Waals surface area contributed by atoms with Crippen LogP contribution in [-0.2, 0) is 0 Å². The topological polar surface area (TPSA) is 47.0 Å². The number of piperidine rings is 1. The number of aromatic nitrogens is 2. The zero-order chi connectivity index (χ0) is 13.6. The third-order valence-corrected chi connectivity index (χ3v) is 3.92. The highest BCUT2D eigenvalue weighted by molar-refractivity contribution is 5.67. The Morgan fingerprint density at radius 3 is 2.70 bits per heavy atom. The Kier molecular flexibility index (Phi) is 4.43. The quantitative estimate of drug-likeness (QED) is 0.914. The summed E-state index contributed by atoms with van der Waals surface area (Å²) in [6, 6.07) is 0.499. The van der Waals surface area contributed by atoms with Crippen molar-refractivity contribution in [3.8, 4) is 6.01 Å². The summed E-state index contributed by atoms with van der Waals surface area (Å²) in [5, 5.41) is 3.36. The number of rotatable bonds is 4. The zero-order valence-corrected chi connectivity index (χ0v) is 11.7. The molecule has 1 aromatic rings. The van der Waals surface area contributed by atoms with E-state index in [9.17, 15) is 0 Å². The molecule has 1 aliphatic carbocycles. The highest BCUT2D eigenvalue weighted by Gasteiger charge is 2.14. The van der Waals surface area contributed by atoms with Crippen molar-refractivity contribution in [2.24, 2.45) is 5.92 Å². The summed E-state index contributed by atoms with van der Waals surface area (Å²) in [5.41, 5.74) is 2.40. The van der Waals surface area contributed by atoms with E-state index in [2.05, 4.69) is 33.5 Å². The molecule has 106 valence electrons. The standard InChI is InChI=1S/C16H21N3O/c1-2-4-14(5-3-1)15-10-18-16(19-11-15)20-12-13-6-8-17-9-7-13/h1-2,4,10-11,13,17H,3,5-9,12H2. The van der Waals surface area contributed by atoms with Crippen molar-refractivity contribution >= 4 is 5.57 Å². The van der Waals surface area contributed by atoms with E-state index >= 15 is 0 Å². The molecule has 0 amide bonds. The minimum atomic E-state index is 0.499. The SMILES string of the molecule is C1=CCCC(c2cnc(OCC3CCNCC3)nc2)=C1. The minimum Gasteiger partial charge on any atom is -0.463 e. The molecule has 0 spiro atoms. The van der Waals surface area contributed by atoms with Gasteiger partial charge in [-0.1, -0.05) is 18.2 Å². The van der Waals surface area contributed by atoms with Crippen LogP contribution < -0.4 is 10.1 Å². The lowest BCUT2D eigenvalue weighted by Crippen LogP contribution is -2.30. The molecule has 1 N–H and O–H groups in total. The van der Waals surface area contributed by atoms with E-state index in [0.717, 1.165) is 38.1 Å². The third kappa shape index (κ3) is 3.45. The Bertz CT molecular complexity index is 487. The molecule has 3 rings (SSSR count). The summed E-state index contributed by atoms with van der Waals surface area (Å²) in [7, 11) is 0. The predicted octanol–water partition coefficient (Wildman–Crippen LogP) is 2.59. The van der Waals surface area contributed by atoms with Gasteiger partial charge in [0.05, 0.1) is 6.61 Å². The van der Waals surface area contributed by atoms with Gasteiger partial charge in [0.2, 0.25) is 0 Å². The van der Waals surface area contributed by atoms with E-state index in [-0.39, 0.29) is 0 Å². The van der Waals surface area contributed by atoms with Crippen LogP contribution in [0.15, 0.2) is 30.6 Å². The molecule has 20 heavy (non-hydrogen) atoms. The van der Waals surface area contributed by atoms with E-state index in [4.69, 9.17) is 4.74 Å². The molecule has 2 aliphatic rings. The summed E-state index contributed by atoms with van der Waals surface area (Å²) < 4.78 is 5.70. The van der Waals surface area contributed by atoms with Crippen LogP contribution in [0.4, 0.5) is 0 Å². The first kappa shape index (κ1) is 13.3. The van der Waals surface area contributed by atoms with Crippen molar-refractivity contribution in [2.75, 3.05) is 19.7 Å². The van der Waals surface area contributed by atoms with Gasteiger partial charge in [-0.05, 0) is 50.3 Å². The van der Waals surface area contributed by atoms with Crippen LogP contribution in [0.25, 0.3) is 5.57 Å². The van der Waals surface area contributed by atoms with E-state index in [0.29, 0.717) is 11.9 Å². The average molecular weight is 271 g/mol. The van der Waals surface area contributed by atoms with Crippen LogP contribution in [0.2, 0.25) is 0 Å². The maximum Gasteiger partial charge on any atom is 0.316 e. The molecule has 1 fully saturated rings. The Morgan fingerprint density at radius 2 is 2.00 bits per heavy atom. The number of ether oxygens (including phenoxy) is 1. The molecule has 1 aromatic heterocycles. The first-order valence-corrected chi connectivity index (χ1v) is 7.43. The first-order chi connectivity index (χ1) is 9.92. The molecule has 0 saturated carbocycles. The lowest BCUT2D eigenvalue weighted by Gasteiger charge is -2.22. The van der Waals surface area contributed by atoms with Gasteiger partial charge >= 0.3 is 6.01 Å². The molecule has 2 heterocycles. The van der Waals surface area contributed by atoms with Crippen molar-refractivity contribution in [1.29, 1.82) is 0 Å². The highest BCUT2D eigenvalue weighted by atomic mass is 16.5. The summed E-state index contributed by atoms with van der Waals surface area (Å²) >= 11 is 0. The molecule has 0 unspecified atom stereocenters. The van der Waals surface area contributed by atoms with E-state index in [1.165, 1.54) is 18.4 Å². The minimum absolute atomic E-state index is 0.499. The fraction of sp³-hybridized carbons (Fsp3) is 0.500. The number of allylic oxidation sites excluding steroid dienone is 4. The van der Waals surface area contributed by atoms with Crippen LogP contribution in [0.5, 0.6) is 6.01 Å². The maximum absolute atomic E-state index is 5.70. The van der Waals surface area contributed by atoms with Gasteiger partial charge in [0, 0.05) is 18.0 Å². The van der Waals surface area contributed by atoms with Gasteiger partial charge in [-0.2, -0.15) is 0 Å². The van der Waals surface area contributed by atoms with Gasteiger partial charge in [0.25, 0.3) is 0 Å². The highest BCUT2D eigenvalue weighted by Crippen LogP contribution is 2.23. The van der Waals surface area contributed by atoms with Gasteiger partial charge in [0.15, 0.2) is 0 Å². The molecule has 0 atom stereocenters. The molecule has 1 aliphatic heterocycles. The molecular formula is C16H21N3O. The van der Waals surface area contributed by atoms with Crippen LogP contribution in [0.1, 0.15) is 31.2 Å². The van der Waals surface area contributed by atoms with Gasteiger partial charge in [-0.15, -0.1) is 0 Å². The lowest BCUT2D eigenvalue weighted by atomic mass is 9.99. The summed E-state index contributed by atoms with van der Waals surface area (Å²) in [4.78, 5) is 8.65. The van der Waals surface area contributed by atoms with Gasteiger partial charge < -0.3 is 10.1 Å². The largest absolute Gasteiger partial charge is 0.463 e. The van der Waals surface area contributed by atoms with Crippen molar-refractivity contribution in [3.63, 3.8) is 0 Å². The fourth-order valence-electron chi connectivity index (χ4n) is 2.64. The smallest absolute Gasteiger partial charge is 0.316 e. The summed E-state index contributed by atoms with van der Waals surface area (Å²) in [6.45, 7) is 2.91. The summed E-state index contributed by atoms with van der Waals surface area (Å²) in [6.07, 6.45) is 14.7. The second-order valence-corrected chi connectivity index (χ2v) is 5.42. The molecule has 1 saturated heterocycles. The predicted molar refractivity (Wildman–Crippen MR) is 79.5 cm³/mol. The van der Waals surface area contributed by atoms with Gasteiger partial charge in [-0.3, -0.25) is 0 Å². The maximum atomic E-state index is 5.70. The third-order valence-electron chi connectivity index (χ3n) is 3.92. The number of nitrogens with zero attached hydrogens (tertiary/aromatic N) is 2. The van der Waals surface area contributed by atoms with Crippen molar-refractivity contribution in [1.82, 2.24) is 15.3 Å². The zero-order valence-electron chi connectivity index (χ0n) is 11.7. The van der Waals surface area contributed by atoms with Gasteiger partial charge in [-0.25, -0.2) is 9.97 Å². The molecule has 4 nitrogen and oxygen atoms in total. The van der Waals surface area contributed by atoms with Crippen LogP contribution in [0.3, 0.4) is 0 Å². The fourth-order valence-corrected chi connectivity index (χ4v) is 2.64. The van der Waals surface area contributed by atoms with Crippen molar-refractivity contribution in [2.45, 2.75) is 25.7 Å². The second-order valence-electron chi connectivity index (χ2n) is 5.42. The molecule has 4 heteroatoms. The van der Waals surface area contributed by atoms with Gasteiger partial charge in [0.1, 0.15) is 0 Å². The molecule has 0 radical (unpaired) electrons. The second kappa shape index (κ2) is 6.66. The molecule has 0 bridgehead atoms. The lowest BCUT2D eigenvalue weighted by molar-refractivity contribution is 0.202. The monoisotopic (exact) mass is 271 g/mol. The van der Waals surface area contributed by atoms with E-state index < -0.39 is 0 Å². The van der Waals surface area contributed by atoms with E-state index in [1.807, 2.05) is 12.4 Å². The van der Waals surface area contributed by atoms with Crippen molar-refractivity contribution < 1.29 is 4.74 Å². The van der Waals surface area contributed by atoms with Crippen LogP contribution in [-0.4, -0.2) is 29.7 Å². The van der Waals surface area contributed by atoms with E-state index in [1.54, 1.807) is 0 Å². The summed E-state index contributed by atoms with van der Waals surface area (Å²) in [5.74, 6) is 0.630.